The van der Waals surface area contributed by atoms with Crippen LogP contribution in [0.4, 0.5) is 29.5 Å². The molecule has 0 unspecified atom stereocenters. The predicted octanol–water partition coefficient (Wildman–Crippen LogP) is 6.63. The normalized spacial score (nSPS) is 19.8. The molecule has 2 atom stereocenters. The first-order chi connectivity index (χ1) is 26.8. The number of halogens is 4. The third kappa shape index (κ3) is 6.60. The molecule has 56 heavy (non-hydrogen) atoms. The van der Waals surface area contributed by atoms with Crippen LogP contribution < -0.4 is 20.9 Å². The number of anilines is 2. The Morgan fingerprint density at radius 2 is 1.82 bits per heavy atom. The number of β-amino-alcohol motifs (C(OH)–C–C–N with tert-alkyl or cyclic N) is 1. The monoisotopic (exact) mass is 788 g/mol. The van der Waals surface area contributed by atoms with Crippen molar-refractivity contribution >= 4 is 39.9 Å². The van der Waals surface area contributed by atoms with E-state index in [1.165, 1.54) is 13.2 Å². The lowest BCUT2D eigenvalue weighted by Gasteiger charge is -2.40. The van der Waals surface area contributed by atoms with Gasteiger partial charge < -0.3 is 25.4 Å². The van der Waals surface area contributed by atoms with Crippen molar-refractivity contribution in [1.29, 1.82) is 0 Å². The fourth-order valence-electron chi connectivity index (χ4n) is 8.49. The molecule has 0 radical (unpaired) electrons. The SMILES string of the molecule is COc1nc(-c2cccc(-c3cccc(Nc4nc(C(F)(F)F)cc5cnn(C)c(=O)c45)c3C)c2Cl)cc2c1[C@H](N1CC[C@]3(CCN(CCO)C(=O)N3)C1)CC2. The lowest BCUT2D eigenvalue weighted by atomic mass is 9.92. The summed E-state index contributed by atoms with van der Waals surface area (Å²) in [7, 11) is 3.03. The summed E-state index contributed by atoms with van der Waals surface area (Å²) < 4.78 is 48.6. The molecule has 2 aromatic carbocycles. The quantitative estimate of drug-likeness (QED) is 0.158. The molecule has 1 spiro atoms. The molecule has 3 aliphatic rings. The largest absolute Gasteiger partial charge is 0.481 e. The number of nitrogens with one attached hydrogen (secondary N) is 2. The fourth-order valence-corrected chi connectivity index (χ4v) is 8.81. The summed E-state index contributed by atoms with van der Waals surface area (Å²) in [6.45, 7) is 4.23. The number of nitrogens with zero attached hydrogens (tertiary/aromatic N) is 6. The molecule has 292 valence electrons. The van der Waals surface area contributed by atoms with Crippen molar-refractivity contribution in [3.8, 4) is 28.3 Å². The maximum absolute atomic E-state index is 13.9. The number of methoxy groups -OCH3 is 1. The highest BCUT2D eigenvalue weighted by Crippen LogP contribution is 2.47. The standard InChI is InChI=1S/C40H40ClF3N8O4/c1-22-25(6-5-9-28(22)46-35-33-24(20-45-50(2)37(33)54)19-31(48-35)40(42,43)44)26-7-4-8-27(34(26)41)29-18-23-10-11-30(32(23)36(47-29)56-3)52-15-13-39(21-52)12-14-51(16-17-53)38(55)49-39/h4-9,18-20,30,53H,10-17,21H2,1-3H3,(H,46,48)(H,49,55)/t30-,39-/m1/s1. The van der Waals surface area contributed by atoms with Gasteiger partial charge in [-0.15, -0.1) is 0 Å². The maximum Gasteiger partial charge on any atom is 0.433 e. The number of benzene rings is 2. The molecule has 0 saturated carbocycles. The average Bonchev–Trinajstić information content (AvgIpc) is 3.79. The van der Waals surface area contributed by atoms with Gasteiger partial charge >= 0.3 is 12.2 Å². The number of urea groups is 1. The Kier molecular flexibility index (Phi) is 9.66. The fraction of sp³-hybridized carbons (Fsp3) is 0.375. The van der Waals surface area contributed by atoms with Gasteiger partial charge in [-0.3, -0.25) is 9.69 Å². The summed E-state index contributed by atoms with van der Waals surface area (Å²) in [6.07, 6.45) is -0.193. The van der Waals surface area contributed by atoms with Crippen LogP contribution in [0.2, 0.25) is 5.02 Å². The van der Waals surface area contributed by atoms with E-state index in [4.69, 9.17) is 21.3 Å². The molecule has 12 nitrogen and oxygen atoms in total. The van der Waals surface area contributed by atoms with Gasteiger partial charge in [-0.05, 0) is 67.5 Å². The van der Waals surface area contributed by atoms with Crippen LogP contribution in [0.25, 0.3) is 33.2 Å². The van der Waals surface area contributed by atoms with Gasteiger partial charge in [-0.1, -0.05) is 41.9 Å². The van der Waals surface area contributed by atoms with Crippen molar-refractivity contribution < 1.29 is 27.8 Å². The first-order valence-corrected chi connectivity index (χ1v) is 18.8. The molecular formula is C40H40ClF3N8O4. The molecule has 3 aromatic heterocycles. The average molecular weight is 789 g/mol. The van der Waals surface area contributed by atoms with Crippen LogP contribution in [-0.2, 0) is 19.6 Å². The number of aromatic nitrogens is 4. The first-order valence-electron chi connectivity index (χ1n) is 18.4. The second kappa shape index (κ2) is 14.4. The van der Waals surface area contributed by atoms with Gasteiger partial charge in [-0.2, -0.15) is 18.3 Å². The van der Waals surface area contributed by atoms with E-state index in [1.54, 1.807) is 24.1 Å². The number of pyridine rings is 2. The van der Waals surface area contributed by atoms with Crippen LogP contribution in [0.5, 0.6) is 5.88 Å². The highest BCUT2D eigenvalue weighted by atomic mass is 35.5. The first kappa shape index (κ1) is 37.7. The summed E-state index contributed by atoms with van der Waals surface area (Å²) in [4.78, 5) is 38.8. The molecule has 8 rings (SSSR count). The summed E-state index contributed by atoms with van der Waals surface area (Å²) in [6, 6.07) is 13.8. The zero-order chi connectivity index (χ0) is 39.5. The van der Waals surface area contributed by atoms with Gasteiger partial charge in [0.15, 0.2) is 0 Å². The van der Waals surface area contributed by atoms with E-state index in [2.05, 4.69) is 31.7 Å². The topological polar surface area (TPSA) is 138 Å². The van der Waals surface area contributed by atoms with Crippen molar-refractivity contribution in [2.75, 3.05) is 45.2 Å². The molecule has 2 saturated heterocycles. The van der Waals surface area contributed by atoms with Crippen LogP contribution in [-0.4, -0.2) is 86.1 Å². The van der Waals surface area contributed by atoms with E-state index in [0.717, 1.165) is 66.2 Å². The smallest absolute Gasteiger partial charge is 0.433 e. The summed E-state index contributed by atoms with van der Waals surface area (Å²) in [5.41, 5.74) is 3.96. The number of rotatable bonds is 8. The summed E-state index contributed by atoms with van der Waals surface area (Å²) >= 11 is 7.20. The molecule has 3 N–H and O–H groups in total. The predicted molar refractivity (Wildman–Crippen MR) is 206 cm³/mol. The Morgan fingerprint density at radius 3 is 2.57 bits per heavy atom. The third-order valence-corrected chi connectivity index (χ3v) is 11.8. The minimum atomic E-state index is -4.75. The number of carbonyl (C=O) groups is 1. The number of hydrogen-bond acceptors (Lipinski definition) is 9. The number of aliphatic hydroxyl groups is 1. The second-order valence-electron chi connectivity index (χ2n) is 14.7. The van der Waals surface area contributed by atoms with E-state index in [-0.39, 0.29) is 40.8 Å². The maximum atomic E-state index is 13.9. The Bertz CT molecular complexity index is 2440. The van der Waals surface area contributed by atoms with Crippen molar-refractivity contribution in [1.82, 2.24) is 34.9 Å². The van der Waals surface area contributed by atoms with E-state index >= 15 is 0 Å². The van der Waals surface area contributed by atoms with E-state index in [1.807, 2.05) is 31.2 Å². The Balaban J connectivity index is 1.10. The van der Waals surface area contributed by atoms with Crippen molar-refractivity contribution in [2.24, 2.45) is 7.05 Å². The van der Waals surface area contributed by atoms with Gasteiger partial charge in [0.05, 0.1) is 41.6 Å². The highest BCUT2D eigenvalue weighted by molar-refractivity contribution is 6.36. The van der Waals surface area contributed by atoms with Crippen LogP contribution in [0, 0.1) is 6.92 Å². The molecular weight excluding hydrogens is 749 g/mol. The number of ether oxygens (including phenoxy) is 1. The number of fused-ring (bicyclic) bond motifs is 2. The van der Waals surface area contributed by atoms with Crippen LogP contribution >= 0.6 is 11.6 Å². The lowest BCUT2D eigenvalue weighted by Crippen LogP contribution is -2.61. The Labute approximate surface area is 325 Å². The molecule has 2 fully saturated rings. The number of aryl methyl sites for hydroxylation is 2. The zero-order valence-electron chi connectivity index (χ0n) is 31.0. The molecule has 0 bridgehead atoms. The Morgan fingerprint density at radius 1 is 1.07 bits per heavy atom. The van der Waals surface area contributed by atoms with Gasteiger partial charge in [0.25, 0.3) is 5.56 Å². The van der Waals surface area contributed by atoms with Gasteiger partial charge in [0.2, 0.25) is 5.88 Å². The molecule has 1 aliphatic carbocycles. The van der Waals surface area contributed by atoms with Crippen LogP contribution in [0.3, 0.4) is 0 Å². The van der Waals surface area contributed by atoms with E-state index < -0.39 is 17.4 Å². The molecule has 2 aliphatic heterocycles. The number of amides is 2. The number of likely N-dealkylation sites (tertiary alicyclic amines) is 1. The molecule has 16 heteroatoms. The number of aliphatic hydroxyl groups excluding tert-OH is 1. The summed E-state index contributed by atoms with van der Waals surface area (Å²) in [5.74, 6) is 0.289. The minimum absolute atomic E-state index is 0.0134. The number of hydrogen-bond donors (Lipinski definition) is 3. The van der Waals surface area contributed by atoms with E-state index in [9.17, 15) is 27.9 Å². The summed E-state index contributed by atoms with van der Waals surface area (Å²) in [5, 5.41) is 19.9. The zero-order valence-corrected chi connectivity index (χ0v) is 31.8. The van der Waals surface area contributed by atoms with Crippen LogP contribution in [0.1, 0.15) is 47.7 Å². The van der Waals surface area contributed by atoms with Gasteiger partial charge in [0, 0.05) is 67.0 Å². The van der Waals surface area contributed by atoms with Crippen molar-refractivity contribution in [3.63, 3.8) is 0 Å². The molecule has 5 heterocycles. The lowest BCUT2D eigenvalue weighted by molar-refractivity contribution is -0.141. The highest BCUT2D eigenvalue weighted by Gasteiger charge is 2.46. The van der Waals surface area contributed by atoms with Gasteiger partial charge in [0.1, 0.15) is 11.5 Å². The third-order valence-electron chi connectivity index (χ3n) is 11.4. The van der Waals surface area contributed by atoms with Crippen molar-refractivity contribution in [2.45, 2.75) is 50.4 Å². The molecule has 2 amide bonds. The minimum Gasteiger partial charge on any atom is -0.481 e. The van der Waals surface area contributed by atoms with Crippen LogP contribution in [0.15, 0.2) is 59.5 Å². The number of alkyl halides is 3. The van der Waals surface area contributed by atoms with E-state index in [0.29, 0.717) is 52.1 Å². The number of carbonyl (C=O) groups excluding carboxylic acids is 1. The Hall–Kier alpha value is -5.25. The van der Waals surface area contributed by atoms with Gasteiger partial charge in [-0.25, -0.2) is 19.4 Å². The van der Waals surface area contributed by atoms with Crippen molar-refractivity contribution in [3.05, 3.63) is 92.5 Å². The second-order valence-corrected chi connectivity index (χ2v) is 15.1. The molecule has 5 aromatic rings.